The number of ether oxygens (including phenoxy) is 1. The minimum Gasteiger partial charge on any atom is -0.449 e. The maximum Gasteiger partial charge on any atom is 0.511 e. The van der Waals surface area contributed by atoms with Crippen molar-refractivity contribution in [3.8, 4) is 5.75 Å². The molecule has 0 bridgehead atoms. The highest BCUT2D eigenvalue weighted by Gasteiger charge is 2.16. The van der Waals surface area contributed by atoms with E-state index in [0.29, 0.717) is 5.75 Å². The molecule has 0 saturated carbocycles. The van der Waals surface area contributed by atoms with E-state index in [4.69, 9.17) is 9.84 Å². The van der Waals surface area contributed by atoms with E-state index in [1.54, 1.807) is 0 Å². The highest BCUT2D eigenvalue weighted by Crippen LogP contribution is 2.30. The van der Waals surface area contributed by atoms with Crippen LogP contribution in [-0.4, -0.2) is 11.3 Å². The third kappa shape index (κ3) is 8.25. The molecule has 1 aromatic carbocycles. The van der Waals surface area contributed by atoms with Gasteiger partial charge >= 0.3 is 6.16 Å². The highest BCUT2D eigenvalue weighted by atomic mass is 16.7. The number of benzene rings is 1. The topological polar surface area (TPSA) is 46.5 Å². The van der Waals surface area contributed by atoms with Gasteiger partial charge < -0.3 is 9.84 Å². The number of carboxylic acid groups (broad SMARTS) is 1. The lowest BCUT2D eigenvalue weighted by Crippen LogP contribution is -2.09. The van der Waals surface area contributed by atoms with Gasteiger partial charge in [0.1, 0.15) is 5.75 Å². The third-order valence-corrected chi connectivity index (χ3v) is 5.04. The summed E-state index contributed by atoms with van der Waals surface area (Å²) in [6.07, 6.45) is 14.0. The Bertz CT molecular complexity index is 522. The summed E-state index contributed by atoms with van der Waals surface area (Å²) in [7, 11) is 0. The number of carbonyl (C=O) groups is 1. The van der Waals surface area contributed by atoms with Gasteiger partial charge in [0.05, 0.1) is 0 Å². The van der Waals surface area contributed by atoms with Gasteiger partial charge in [-0.2, -0.15) is 0 Å². The van der Waals surface area contributed by atoms with Crippen LogP contribution in [0.2, 0.25) is 0 Å². The second-order valence-corrected chi connectivity index (χ2v) is 7.27. The van der Waals surface area contributed by atoms with Gasteiger partial charge in [-0.3, -0.25) is 0 Å². The minimum absolute atomic E-state index is 0.545. The Hall–Kier alpha value is -1.51. The lowest BCUT2D eigenvalue weighted by atomic mass is 9.90. The van der Waals surface area contributed by atoms with E-state index in [9.17, 15) is 4.79 Å². The molecule has 0 heterocycles. The zero-order chi connectivity index (χ0) is 19.2. The summed E-state index contributed by atoms with van der Waals surface area (Å²) in [6.45, 7) is 6.62. The van der Waals surface area contributed by atoms with Crippen LogP contribution in [0.3, 0.4) is 0 Å². The van der Waals surface area contributed by atoms with Gasteiger partial charge in [-0.25, -0.2) is 4.79 Å². The predicted molar refractivity (Wildman–Crippen MR) is 109 cm³/mol. The molecule has 26 heavy (non-hydrogen) atoms. The van der Waals surface area contributed by atoms with Gasteiger partial charge in [0.25, 0.3) is 0 Å². The molecule has 1 aromatic rings. The fourth-order valence-electron chi connectivity index (χ4n) is 3.53. The SMILES string of the molecule is CCCCCCCCc1ccc(OC(=O)O)c(CCCC)c1CCCC. The van der Waals surface area contributed by atoms with Crippen molar-refractivity contribution in [2.45, 2.75) is 104 Å². The monoisotopic (exact) mass is 362 g/mol. The molecule has 3 heteroatoms. The van der Waals surface area contributed by atoms with Gasteiger partial charge in [0, 0.05) is 0 Å². The summed E-state index contributed by atoms with van der Waals surface area (Å²) >= 11 is 0. The fourth-order valence-corrected chi connectivity index (χ4v) is 3.53. The summed E-state index contributed by atoms with van der Waals surface area (Å²) in [4.78, 5) is 11.1. The summed E-state index contributed by atoms with van der Waals surface area (Å²) in [6, 6.07) is 3.98. The van der Waals surface area contributed by atoms with Gasteiger partial charge in [0.15, 0.2) is 0 Å². The number of hydrogen-bond donors (Lipinski definition) is 1. The van der Waals surface area contributed by atoms with E-state index in [1.165, 1.54) is 49.7 Å². The van der Waals surface area contributed by atoms with Gasteiger partial charge in [-0.15, -0.1) is 0 Å². The molecule has 0 aliphatic carbocycles. The summed E-state index contributed by atoms with van der Waals surface area (Å²) in [5.74, 6) is 0.545. The van der Waals surface area contributed by atoms with Crippen LogP contribution in [0.4, 0.5) is 4.79 Å². The largest absolute Gasteiger partial charge is 0.511 e. The van der Waals surface area contributed by atoms with Crippen LogP contribution in [0.1, 0.15) is 102 Å². The maximum atomic E-state index is 11.1. The molecule has 0 aromatic heterocycles. The van der Waals surface area contributed by atoms with Crippen molar-refractivity contribution >= 4 is 6.16 Å². The minimum atomic E-state index is -1.21. The Labute approximate surface area is 160 Å². The quantitative estimate of drug-likeness (QED) is 0.214. The van der Waals surface area contributed by atoms with Crippen LogP contribution in [0, 0.1) is 0 Å². The van der Waals surface area contributed by atoms with Crippen molar-refractivity contribution in [2.24, 2.45) is 0 Å². The number of rotatable bonds is 14. The summed E-state index contributed by atoms with van der Waals surface area (Å²) < 4.78 is 5.10. The molecule has 0 amide bonds. The summed E-state index contributed by atoms with van der Waals surface area (Å²) in [5.41, 5.74) is 3.89. The first-order valence-electron chi connectivity index (χ1n) is 10.7. The molecule has 1 N–H and O–H groups in total. The Morgan fingerprint density at radius 2 is 1.35 bits per heavy atom. The highest BCUT2D eigenvalue weighted by molar-refractivity contribution is 5.63. The van der Waals surface area contributed by atoms with E-state index < -0.39 is 6.16 Å². The summed E-state index contributed by atoms with van der Waals surface area (Å²) in [5, 5.41) is 9.07. The second kappa shape index (κ2) is 13.7. The first kappa shape index (κ1) is 22.5. The fraction of sp³-hybridized carbons (Fsp3) is 0.696. The van der Waals surface area contributed by atoms with Crippen LogP contribution in [0.15, 0.2) is 12.1 Å². The van der Waals surface area contributed by atoms with E-state index in [0.717, 1.165) is 50.5 Å². The van der Waals surface area contributed by atoms with Gasteiger partial charge in [0.2, 0.25) is 0 Å². The molecule has 148 valence electrons. The molecule has 0 radical (unpaired) electrons. The zero-order valence-electron chi connectivity index (χ0n) is 17.1. The Kier molecular flexibility index (Phi) is 11.8. The van der Waals surface area contributed by atoms with E-state index in [2.05, 4.69) is 26.8 Å². The van der Waals surface area contributed by atoms with Crippen LogP contribution < -0.4 is 4.74 Å². The van der Waals surface area contributed by atoms with Crippen molar-refractivity contribution in [1.29, 1.82) is 0 Å². The molecule has 0 atom stereocenters. The van der Waals surface area contributed by atoms with E-state index in [-0.39, 0.29) is 0 Å². The third-order valence-electron chi connectivity index (χ3n) is 5.04. The Morgan fingerprint density at radius 1 is 0.769 bits per heavy atom. The first-order valence-corrected chi connectivity index (χ1v) is 10.7. The maximum absolute atomic E-state index is 11.1. The average molecular weight is 363 g/mol. The van der Waals surface area contributed by atoms with Crippen LogP contribution >= 0.6 is 0 Å². The van der Waals surface area contributed by atoms with Gasteiger partial charge in [-0.1, -0.05) is 71.8 Å². The van der Waals surface area contributed by atoms with Crippen LogP contribution in [-0.2, 0) is 19.3 Å². The Morgan fingerprint density at radius 3 is 1.96 bits per heavy atom. The molecule has 0 spiro atoms. The molecule has 0 aliphatic rings. The molecular weight excluding hydrogens is 324 g/mol. The molecule has 3 nitrogen and oxygen atoms in total. The van der Waals surface area contributed by atoms with Crippen molar-refractivity contribution in [3.63, 3.8) is 0 Å². The van der Waals surface area contributed by atoms with Crippen LogP contribution in [0.5, 0.6) is 5.75 Å². The normalized spacial score (nSPS) is 10.9. The Balaban J connectivity index is 2.93. The molecule has 0 unspecified atom stereocenters. The number of aryl methyl sites for hydroxylation is 1. The molecule has 0 saturated heterocycles. The zero-order valence-corrected chi connectivity index (χ0v) is 17.1. The lowest BCUT2D eigenvalue weighted by molar-refractivity contribution is 0.144. The smallest absolute Gasteiger partial charge is 0.449 e. The molecule has 0 aliphatic heterocycles. The van der Waals surface area contributed by atoms with Crippen molar-refractivity contribution in [2.75, 3.05) is 0 Å². The average Bonchev–Trinajstić information content (AvgIpc) is 2.62. The molecule has 0 fully saturated rings. The van der Waals surface area contributed by atoms with Crippen molar-refractivity contribution in [1.82, 2.24) is 0 Å². The first-order chi connectivity index (χ1) is 12.6. The van der Waals surface area contributed by atoms with Gasteiger partial charge in [-0.05, 0) is 61.3 Å². The number of unbranched alkanes of at least 4 members (excludes halogenated alkanes) is 7. The predicted octanol–water partition coefficient (Wildman–Crippen LogP) is 7.33. The lowest BCUT2D eigenvalue weighted by Gasteiger charge is -2.18. The van der Waals surface area contributed by atoms with E-state index in [1.807, 2.05) is 6.07 Å². The molecular formula is C23H38O3. The second-order valence-electron chi connectivity index (χ2n) is 7.27. The number of hydrogen-bond acceptors (Lipinski definition) is 2. The van der Waals surface area contributed by atoms with Crippen molar-refractivity contribution < 1.29 is 14.6 Å². The van der Waals surface area contributed by atoms with Crippen LogP contribution in [0.25, 0.3) is 0 Å². The van der Waals surface area contributed by atoms with E-state index >= 15 is 0 Å². The van der Waals surface area contributed by atoms with Crippen molar-refractivity contribution in [3.05, 3.63) is 28.8 Å². The standard InChI is InChI=1S/C23H38O3/c1-4-7-10-11-12-13-14-19-17-18-22(26-23(24)25)21(16-9-6-3)20(19)15-8-5-2/h17-18H,4-16H2,1-3H3,(H,24,25). The molecule has 1 rings (SSSR count).